The smallest absolute Gasteiger partial charge is 0.228 e. The van der Waals surface area contributed by atoms with Gasteiger partial charge in [0, 0.05) is 29.0 Å². The molecule has 144 valence electrons. The zero-order valence-corrected chi connectivity index (χ0v) is 15.9. The lowest BCUT2D eigenvalue weighted by atomic mass is 10.1. The minimum absolute atomic E-state index is 0.176. The van der Waals surface area contributed by atoms with E-state index in [1.807, 2.05) is 11.8 Å². The molecule has 2 aliphatic rings. The minimum atomic E-state index is -0.968. The van der Waals surface area contributed by atoms with Crippen LogP contribution in [0.3, 0.4) is 0 Å². The summed E-state index contributed by atoms with van der Waals surface area (Å²) in [4.78, 5) is 19.0. The molecule has 1 aliphatic carbocycles. The molecule has 1 amide bonds. The highest BCUT2D eigenvalue weighted by Gasteiger charge is 2.48. The van der Waals surface area contributed by atoms with E-state index in [-0.39, 0.29) is 23.2 Å². The van der Waals surface area contributed by atoms with Crippen molar-refractivity contribution in [3.63, 3.8) is 0 Å². The van der Waals surface area contributed by atoms with Crippen LogP contribution >= 0.6 is 11.3 Å². The molecule has 1 aliphatic heterocycles. The number of carbonyl (C=O) groups is 1. The van der Waals surface area contributed by atoms with Gasteiger partial charge in [-0.05, 0) is 18.9 Å². The summed E-state index contributed by atoms with van der Waals surface area (Å²) in [7, 11) is 1.40. The first-order valence-corrected chi connectivity index (χ1v) is 9.69. The van der Waals surface area contributed by atoms with Crippen molar-refractivity contribution in [1.29, 1.82) is 0 Å². The predicted octanol–water partition coefficient (Wildman–Crippen LogP) is 3.80. The van der Waals surface area contributed by atoms with Crippen LogP contribution in [0.15, 0.2) is 17.5 Å². The molecule has 1 aromatic carbocycles. The predicted molar refractivity (Wildman–Crippen MR) is 96.6 cm³/mol. The number of nitrogens with zero attached hydrogens (tertiary/aromatic N) is 2. The summed E-state index contributed by atoms with van der Waals surface area (Å²) in [5.74, 6) is -1.53. The number of methoxy groups -OCH3 is 1. The molecular weight excluding hydrogens is 374 g/mol. The Morgan fingerprint density at radius 1 is 1.37 bits per heavy atom. The summed E-state index contributed by atoms with van der Waals surface area (Å²) >= 11 is 1.37. The summed E-state index contributed by atoms with van der Waals surface area (Å²) < 4.78 is 38.1. The molecule has 1 saturated heterocycles. The van der Waals surface area contributed by atoms with Crippen molar-refractivity contribution >= 4 is 17.2 Å². The molecule has 0 N–H and O–H groups in total. The summed E-state index contributed by atoms with van der Waals surface area (Å²) in [6.07, 6.45) is 1.55. The SMILES string of the molecule is COc1cc(F)c(F)cc1-c1csc([C@H]2CN(C(=O)C3(C)CC3)CCO2)n1. The fourth-order valence-corrected chi connectivity index (χ4v) is 4.08. The van der Waals surface area contributed by atoms with E-state index in [9.17, 15) is 13.6 Å². The molecule has 0 radical (unpaired) electrons. The van der Waals surface area contributed by atoms with E-state index in [1.54, 1.807) is 5.38 Å². The third-order valence-corrected chi connectivity index (χ3v) is 6.12. The molecular formula is C19H20F2N2O3S. The fraction of sp³-hybridized carbons (Fsp3) is 0.474. The molecule has 2 heterocycles. The van der Waals surface area contributed by atoms with Crippen LogP contribution < -0.4 is 4.74 Å². The highest BCUT2D eigenvalue weighted by molar-refractivity contribution is 7.10. The number of hydrogen-bond acceptors (Lipinski definition) is 5. The standard InChI is InChI=1S/C19H20F2N2O3S/c1-19(3-4-19)18(24)23-5-6-26-16(9-23)17-22-14(10-27-17)11-7-12(20)13(21)8-15(11)25-2/h7-8,10,16H,3-6,9H2,1-2H3/t16-/m1/s1. The number of benzene rings is 1. The summed E-state index contributed by atoms with van der Waals surface area (Å²) in [6, 6.07) is 2.09. The number of thiazole rings is 1. The van der Waals surface area contributed by atoms with Crippen molar-refractivity contribution in [2.75, 3.05) is 26.8 Å². The van der Waals surface area contributed by atoms with Gasteiger partial charge in [0.2, 0.25) is 5.91 Å². The Morgan fingerprint density at radius 3 is 2.81 bits per heavy atom. The quantitative estimate of drug-likeness (QED) is 0.792. The molecule has 1 saturated carbocycles. The largest absolute Gasteiger partial charge is 0.496 e. The third-order valence-electron chi connectivity index (χ3n) is 5.19. The number of amides is 1. The molecule has 0 bridgehead atoms. The van der Waals surface area contributed by atoms with Crippen LogP contribution in [-0.4, -0.2) is 42.6 Å². The van der Waals surface area contributed by atoms with Gasteiger partial charge in [0.05, 0.1) is 26.0 Å². The first-order valence-electron chi connectivity index (χ1n) is 8.81. The van der Waals surface area contributed by atoms with Crippen LogP contribution in [0.4, 0.5) is 8.78 Å². The monoisotopic (exact) mass is 394 g/mol. The van der Waals surface area contributed by atoms with E-state index >= 15 is 0 Å². The molecule has 2 aromatic rings. The second kappa shape index (κ2) is 6.83. The molecule has 0 spiro atoms. The van der Waals surface area contributed by atoms with Crippen LogP contribution in [0.2, 0.25) is 0 Å². The topological polar surface area (TPSA) is 51.7 Å². The maximum atomic E-state index is 13.7. The normalized spacial score (nSPS) is 21.2. The molecule has 27 heavy (non-hydrogen) atoms. The van der Waals surface area contributed by atoms with Gasteiger partial charge >= 0.3 is 0 Å². The van der Waals surface area contributed by atoms with Crippen LogP contribution in [0.1, 0.15) is 30.9 Å². The molecule has 2 fully saturated rings. The number of hydrogen-bond donors (Lipinski definition) is 0. The average molecular weight is 394 g/mol. The lowest BCUT2D eigenvalue weighted by Gasteiger charge is -2.33. The Hall–Kier alpha value is -2.06. The molecule has 1 atom stereocenters. The Labute approximate surface area is 159 Å². The van der Waals surface area contributed by atoms with Crippen molar-refractivity contribution in [2.24, 2.45) is 5.41 Å². The average Bonchev–Trinajstić information content (AvgIpc) is 3.24. The first kappa shape index (κ1) is 18.3. The highest BCUT2D eigenvalue weighted by Crippen LogP contribution is 2.47. The van der Waals surface area contributed by atoms with E-state index in [4.69, 9.17) is 9.47 Å². The van der Waals surface area contributed by atoms with Gasteiger partial charge in [-0.15, -0.1) is 11.3 Å². The summed E-state index contributed by atoms with van der Waals surface area (Å²) in [5.41, 5.74) is 0.662. The van der Waals surface area contributed by atoms with Crippen molar-refractivity contribution in [2.45, 2.75) is 25.9 Å². The molecule has 1 aromatic heterocycles. The van der Waals surface area contributed by atoms with Gasteiger partial charge in [-0.3, -0.25) is 4.79 Å². The zero-order chi connectivity index (χ0) is 19.2. The molecule has 0 unspecified atom stereocenters. The number of carbonyl (C=O) groups excluding carboxylic acids is 1. The molecule has 5 nitrogen and oxygen atoms in total. The number of ether oxygens (including phenoxy) is 2. The van der Waals surface area contributed by atoms with Crippen LogP contribution in [0.25, 0.3) is 11.3 Å². The van der Waals surface area contributed by atoms with E-state index in [2.05, 4.69) is 4.98 Å². The van der Waals surface area contributed by atoms with Crippen molar-refractivity contribution in [3.8, 4) is 17.0 Å². The lowest BCUT2D eigenvalue weighted by molar-refractivity contribution is -0.144. The van der Waals surface area contributed by atoms with E-state index in [0.717, 1.165) is 25.0 Å². The Kier molecular flexibility index (Phi) is 4.63. The van der Waals surface area contributed by atoms with Gasteiger partial charge in [0.1, 0.15) is 16.9 Å². The second-order valence-electron chi connectivity index (χ2n) is 7.21. The second-order valence-corrected chi connectivity index (χ2v) is 8.10. The van der Waals surface area contributed by atoms with Crippen LogP contribution in [0.5, 0.6) is 5.75 Å². The van der Waals surface area contributed by atoms with E-state index < -0.39 is 11.6 Å². The van der Waals surface area contributed by atoms with Gasteiger partial charge in [-0.1, -0.05) is 6.92 Å². The fourth-order valence-electron chi connectivity index (χ4n) is 3.22. The number of halogens is 2. The van der Waals surface area contributed by atoms with E-state index in [1.165, 1.54) is 18.4 Å². The number of rotatable bonds is 4. The maximum Gasteiger partial charge on any atom is 0.228 e. The van der Waals surface area contributed by atoms with Gasteiger partial charge in [0.15, 0.2) is 11.6 Å². The Bertz CT molecular complexity index is 882. The van der Waals surface area contributed by atoms with Gasteiger partial charge in [-0.2, -0.15) is 0 Å². The Morgan fingerprint density at radius 2 is 2.11 bits per heavy atom. The van der Waals surface area contributed by atoms with Crippen molar-refractivity contribution in [1.82, 2.24) is 9.88 Å². The molecule has 8 heteroatoms. The zero-order valence-electron chi connectivity index (χ0n) is 15.1. The van der Waals surface area contributed by atoms with Crippen LogP contribution in [-0.2, 0) is 9.53 Å². The highest BCUT2D eigenvalue weighted by atomic mass is 32.1. The molecule has 4 rings (SSSR count). The summed E-state index contributed by atoms with van der Waals surface area (Å²) in [6.45, 7) is 3.49. The Balaban J connectivity index is 1.56. The van der Waals surface area contributed by atoms with E-state index in [0.29, 0.717) is 36.0 Å². The number of aromatic nitrogens is 1. The van der Waals surface area contributed by atoms with Crippen LogP contribution in [0, 0.1) is 17.0 Å². The minimum Gasteiger partial charge on any atom is -0.496 e. The van der Waals surface area contributed by atoms with Gasteiger partial charge < -0.3 is 14.4 Å². The van der Waals surface area contributed by atoms with Crippen molar-refractivity contribution in [3.05, 3.63) is 34.2 Å². The summed E-state index contributed by atoms with van der Waals surface area (Å²) in [5, 5.41) is 2.46. The van der Waals surface area contributed by atoms with Gasteiger partial charge in [-0.25, -0.2) is 13.8 Å². The number of morpholine rings is 1. The lowest BCUT2D eigenvalue weighted by Crippen LogP contribution is -2.45. The maximum absolute atomic E-state index is 13.7. The van der Waals surface area contributed by atoms with Crippen molar-refractivity contribution < 1.29 is 23.0 Å². The van der Waals surface area contributed by atoms with Gasteiger partial charge in [0.25, 0.3) is 0 Å². The third kappa shape index (κ3) is 3.43. The first-order chi connectivity index (χ1) is 12.9.